The zero-order chi connectivity index (χ0) is 14.5. The summed E-state index contributed by atoms with van der Waals surface area (Å²) in [5.41, 5.74) is -0.481. The summed E-state index contributed by atoms with van der Waals surface area (Å²) in [6.07, 6.45) is 1.21. The summed E-state index contributed by atoms with van der Waals surface area (Å²) in [4.78, 5) is 22.8. The standard InChI is InChI=1S/C13H24N2O4/c1-13(2,3)19-12(17)15-8-9-5-6-10(14-7-9)11(16)18-4/h9-10,14H,5-8H2,1-4H3,(H,15,17). The first-order valence-corrected chi connectivity index (χ1v) is 6.60. The van der Waals surface area contributed by atoms with Gasteiger partial charge in [-0.1, -0.05) is 0 Å². The molecular weight excluding hydrogens is 248 g/mol. The summed E-state index contributed by atoms with van der Waals surface area (Å²) >= 11 is 0. The van der Waals surface area contributed by atoms with Crippen LogP contribution in [0.1, 0.15) is 33.6 Å². The molecular formula is C13H24N2O4. The van der Waals surface area contributed by atoms with Crippen LogP contribution in [0.25, 0.3) is 0 Å². The molecule has 2 atom stereocenters. The van der Waals surface area contributed by atoms with Crippen molar-refractivity contribution in [3.05, 3.63) is 0 Å². The molecule has 0 aromatic heterocycles. The van der Waals surface area contributed by atoms with E-state index in [2.05, 4.69) is 15.4 Å². The lowest BCUT2D eigenvalue weighted by Crippen LogP contribution is -2.47. The Hall–Kier alpha value is -1.30. The number of hydrogen-bond donors (Lipinski definition) is 2. The summed E-state index contributed by atoms with van der Waals surface area (Å²) in [7, 11) is 1.39. The van der Waals surface area contributed by atoms with Crippen molar-refractivity contribution in [3.8, 4) is 0 Å². The maximum Gasteiger partial charge on any atom is 0.407 e. The lowest BCUT2D eigenvalue weighted by molar-refractivity contribution is -0.143. The molecule has 0 aromatic carbocycles. The number of methoxy groups -OCH3 is 1. The first-order valence-electron chi connectivity index (χ1n) is 6.60. The fraction of sp³-hybridized carbons (Fsp3) is 0.846. The van der Waals surface area contributed by atoms with Gasteiger partial charge >= 0.3 is 12.1 Å². The Morgan fingerprint density at radius 1 is 1.32 bits per heavy atom. The molecule has 1 rings (SSSR count). The van der Waals surface area contributed by atoms with E-state index >= 15 is 0 Å². The minimum Gasteiger partial charge on any atom is -0.468 e. The lowest BCUT2D eigenvalue weighted by atomic mass is 9.95. The fourth-order valence-corrected chi connectivity index (χ4v) is 1.97. The fourth-order valence-electron chi connectivity index (χ4n) is 1.97. The highest BCUT2D eigenvalue weighted by atomic mass is 16.6. The van der Waals surface area contributed by atoms with Crippen LogP contribution in [0.5, 0.6) is 0 Å². The number of esters is 1. The summed E-state index contributed by atoms with van der Waals surface area (Å²) in [6, 6.07) is -0.220. The Labute approximate surface area is 114 Å². The van der Waals surface area contributed by atoms with E-state index in [0.717, 1.165) is 12.8 Å². The van der Waals surface area contributed by atoms with Gasteiger partial charge in [0, 0.05) is 13.1 Å². The topological polar surface area (TPSA) is 76.7 Å². The number of amides is 1. The van der Waals surface area contributed by atoms with Crippen LogP contribution < -0.4 is 10.6 Å². The number of ether oxygens (including phenoxy) is 2. The molecule has 0 radical (unpaired) electrons. The molecule has 6 heteroatoms. The predicted octanol–water partition coefficient (Wildman–Crippen LogP) is 1.05. The van der Waals surface area contributed by atoms with Gasteiger partial charge in [0.25, 0.3) is 0 Å². The Morgan fingerprint density at radius 2 is 2.00 bits per heavy atom. The molecule has 0 saturated carbocycles. The Kier molecular flexibility index (Phi) is 5.60. The summed E-state index contributed by atoms with van der Waals surface area (Å²) in [6.45, 7) is 6.73. The molecule has 110 valence electrons. The van der Waals surface area contributed by atoms with Crippen LogP contribution in [0.2, 0.25) is 0 Å². The second kappa shape index (κ2) is 6.75. The highest BCUT2D eigenvalue weighted by molar-refractivity contribution is 5.75. The first kappa shape index (κ1) is 15.8. The molecule has 1 aliphatic rings. The van der Waals surface area contributed by atoms with E-state index < -0.39 is 11.7 Å². The van der Waals surface area contributed by atoms with Gasteiger partial charge in [-0.25, -0.2) is 4.79 Å². The number of alkyl carbamates (subject to hydrolysis) is 1. The molecule has 1 fully saturated rings. The van der Waals surface area contributed by atoms with Crippen LogP contribution in [0.3, 0.4) is 0 Å². The van der Waals surface area contributed by atoms with Gasteiger partial charge in [0.2, 0.25) is 0 Å². The zero-order valence-electron chi connectivity index (χ0n) is 12.1. The van der Waals surface area contributed by atoms with Crippen molar-refractivity contribution < 1.29 is 19.1 Å². The second-order valence-electron chi connectivity index (χ2n) is 5.81. The summed E-state index contributed by atoms with van der Waals surface area (Å²) in [5.74, 6) is 0.0898. The van der Waals surface area contributed by atoms with Gasteiger partial charge in [-0.2, -0.15) is 0 Å². The largest absolute Gasteiger partial charge is 0.468 e. The Bertz CT molecular complexity index is 317. The molecule has 0 aliphatic carbocycles. The van der Waals surface area contributed by atoms with Crippen molar-refractivity contribution in [3.63, 3.8) is 0 Å². The van der Waals surface area contributed by atoms with Gasteiger partial charge in [-0.05, 0) is 39.5 Å². The third-order valence-corrected chi connectivity index (χ3v) is 2.94. The quantitative estimate of drug-likeness (QED) is 0.751. The molecule has 1 saturated heterocycles. The second-order valence-corrected chi connectivity index (χ2v) is 5.81. The van der Waals surface area contributed by atoms with Gasteiger partial charge in [0.15, 0.2) is 0 Å². The molecule has 1 amide bonds. The normalized spacial score (nSPS) is 23.6. The van der Waals surface area contributed by atoms with Crippen molar-refractivity contribution in [2.75, 3.05) is 20.2 Å². The number of piperidine rings is 1. The number of nitrogens with one attached hydrogen (secondary N) is 2. The van der Waals surface area contributed by atoms with E-state index in [4.69, 9.17) is 4.74 Å². The average Bonchev–Trinajstić information content (AvgIpc) is 2.34. The molecule has 19 heavy (non-hydrogen) atoms. The predicted molar refractivity (Wildman–Crippen MR) is 70.8 cm³/mol. The van der Waals surface area contributed by atoms with Crippen molar-refractivity contribution in [1.29, 1.82) is 0 Å². The Balaban J connectivity index is 2.23. The molecule has 1 heterocycles. The number of rotatable bonds is 3. The van der Waals surface area contributed by atoms with Gasteiger partial charge < -0.3 is 20.1 Å². The molecule has 0 bridgehead atoms. The smallest absolute Gasteiger partial charge is 0.407 e. The van der Waals surface area contributed by atoms with E-state index in [1.165, 1.54) is 7.11 Å². The van der Waals surface area contributed by atoms with Gasteiger partial charge in [0.1, 0.15) is 11.6 Å². The van der Waals surface area contributed by atoms with Crippen LogP contribution in [0.15, 0.2) is 0 Å². The van der Waals surface area contributed by atoms with E-state index in [1.807, 2.05) is 20.8 Å². The van der Waals surface area contributed by atoms with Crippen LogP contribution in [-0.4, -0.2) is 43.9 Å². The van der Waals surface area contributed by atoms with Crippen LogP contribution >= 0.6 is 0 Å². The van der Waals surface area contributed by atoms with Crippen molar-refractivity contribution in [2.24, 2.45) is 5.92 Å². The summed E-state index contributed by atoms with van der Waals surface area (Å²) < 4.78 is 9.85. The number of hydrogen-bond acceptors (Lipinski definition) is 5. The average molecular weight is 272 g/mol. The van der Waals surface area contributed by atoms with Crippen LogP contribution in [0.4, 0.5) is 4.79 Å². The number of carbonyl (C=O) groups excluding carboxylic acids is 2. The molecule has 1 aliphatic heterocycles. The van der Waals surface area contributed by atoms with E-state index in [0.29, 0.717) is 19.0 Å². The monoisotopic (exact) mass is 272 g/mol. The van der Waals surface area contributed by atoms with Crippen LogP contribution in [-0.2, 0) is 14.3 Å². The minimum atomic E-state index is -0.481. The molecule has 2 unspecified atom stereocenters. The van der Waals surface area contributed by atoms with E-state index in [9.17, 15) is 9.59 Å². The first-order chi connectivity index (χ1) is 8.81. The highest BCUT2D eigenvalue weighted by Crippen LogP contribution is 2.15. The minimum absolute atomic E-state index is 0.220. The van der Waals surface area contributed by atoms with E-state index in [1.54, 1.807) is 0 Å². The van der Waals surface area contributed by atoms with Crippen LogP contribution in [0, 0.1) is 5.92 Å². The van der Waals surface area contributed by atoms with Gasteiger partial charge in [0.05, 0.1) is 7.11 Å². The van der Waals surface area contributed by atoms with E-state index in [-0.39, 0.29) is 12.0 Å². The van der Waals surface area contributed by atoms with Crippen molar-refractivity contribution >= 4 is 12.1 Å². The number of carbonyl (C=O) groups is 2. The zero-order valence-corrected chi connectivity index (χ0v) is 12.1. The molecule has 6 nitrogen and oxygen atoms in total. The SMILES string of the molecule is COC(=O)C1CCC(CNC(=O)OC(C)(C)C)CN1. The van der Waals surface area contributed by atoms with Crippen molar-refractivity contribution in [2.45, 2.75) is 45.3 Å². The van der Waals surface area contributed by atoms with Crippen molar-refractivity contribution in [1.82, 2.24) is 10.6 Å². The highest BCUT2D eigenvalue weighted by Gasteiger charge is 2.26. The lowest BCUT2D eigenvalue weighted by Gasteiger charge is -2.28. The Morgan fingerprint density at radius 3 is 2.47 bits per heavy atom. The molecule has 0 spiro atoms. The van der Waals surface area contributed by atoms with Gasteiger partial charge in [-0.3, -0.25) is 4.79 Å². The maximum atomic E-state index is 11.5. The summed E-state index contributed by atoms with van der Waals surface area (Å²) in [5, 5.41) is 5.87. The molecule has 2 N–H and O–H groups in total. The molecule has 0 aromatic rings. The third-order valence-electron chi connectivity index (χ3n) is 2.94. The maximum absolute atomic E-state index is 11.5. The van der Waals surface area contributed by atoms with Gasteiger partial charge in [-0.15, -0.1) is 0 Å². The third kappa shape index (κ3) is 5.92.